The smallest absolute Gasteiger partial charge is 0.324 e. The molecule has 1 saturated heterocycles. The zero-order chi connectivity index (χ0) is 22.7. The molecule has 3 atom stereocenters. The van der Waals surface area contributed by atoms with Crippen LogP contribution in [0.4, 0.5) is 0 Å². The Labute approximate surface area is 178 Å². The number of rotatable bonds is 11. The second kappa shape index (κ2) is 13.0. The molecular formula is C21H36N4O5. The molecule has 0 spiro atoms. The number of nitrogens with one attached hydrogen (secondary N) is 3. The fourth-order valence-electron chi connectivity index (χ4n) is 3.21. The Balaban J connectivity index is 2.61. The molecule has 0 radical (unpaired) electrons. The minimum atomic E-state index is -0.813. The molecule has 0 bridgehead atoms. The predicted octanol–water partition coefficient (Wildman–Crippen LogP) is 1.05. The summed E-state index contributed by atoms with van der Waals surface area (Å²) in [6, 6.07) is -2.13. The molecule has 3 N–H and O–H groups in total. The number of amides is 3. The van der Waals surface area contributed by atoms with Gasteiger partial charge in [0.25, 0.3) is 5.91 Å². The number of allylic oxidation sites excluding steroid dienone is 1. The lowest BCUT2D eigenvalue weighted by atomic mass is 10.0. The SMILES string of the molecule is C=CCCCCC(=O)NC(C(=O)NC(C)C(=O)N1CCCC(C(=O)OC)N1)C(C)C. The van der Waals surface area contributed by atoms with E-state index in [0.29, 0.717) is 25.8 Å². The van der Waals surface area contributed by atoms with Gasteiger partial charge < -0.3 is 15.4 Å². The van der Waals surface area contributed by atoms with Crippen LogP contribution in [0.1, 0.15) is 59.3 Å². The van der Waals surface area contributed by atoms with Crippen molar-refractivity contribution in [2.75, 3.05) is 13.7 Å². The second-order valence-electron chi connectivity index (χ2n) is 7.89. The fraction of sp³-hybridized carbons (Fsp3) is 0.714. The number of ether oxygens (including phenoxy) is 1. The third kappa shape index (κ3) is 8.14. The molecule has 30 heavy (non-hydrogen) atoms. The van der Waals surface area contributed by atoms with Gasteiger partial charge in [-0.15, -0.1) is 6.58 Å². The Bertz CT molecular complexity index is 623. The molecule has 0 saturated carbocycles. The van der Waals surface area contributed by atoms with E-state index in [1.165, 1.54) is 12.1 Å². The summed E-state index contributed by atoms with van der Waals surface area (Å²) in [7, 11) is 1.30. The van der Waals surface area contributed by atoms with E-state index in [1.54, 1.807) is 6.92 Å². The van der Waals surface area contributed by atoms with Gasteiger partial charge in [0.1, 0.15) is 18.1 Å². The van der Waals surface area contributed by atoms with Gasteiger partial charge in [-0.05, 0) is 44.9 Å². The first-order chi connectivity index (χ1) is 14.2. The van der Waals surface area contributed by atoms with Crippen LogP contribution >= 0.6 is 0 Å². The van der Waals surface area contributed by atoms with Crippen LogP contribution in [-0.4, -0.2) is 60.5 Å². The van der Waals surface area contributed by atoms with E-state index >= 15 is 0 Å². The lowest BCUT2D eigenvalue weighted by Gasteiger charge is -2.34. The average Bonchev–Trinajstić information content (AvgIpc) is 2.73. The maximum Gasteiger partial charge on any atom is 0.324 e. The monoisotopic (exact) mass is 424 g/mol. The van der Waals surface area contributed by atoms with E-state index in [0.717, 1.165) is 19.3 Å². The molecule has 1 aliphatic heterocycles. The zero-order valence-electron chi connectivity index (χ0n) is 18.5. The van der Waals surface area contributed by atoms with Gasteiger partial charge in [-0.2, -0.15) is 0 Å². The van der Waals surface area contributed by atoms with E-state index in [-0.39, 0.29) is 17.7 Å². The predicted molar refractivity (Wildman–Crippen MR) is 113 cm³/mol. The molecule has 1 fully saturated rings. The van der Waals surface area contributed by atoms with Crippen molar-refractivity contribution in [3.05, 3.63) is 12.7 Å². The van der Waals surface area contributed by atoms with E-state index in [2.05, 4.69) is 22.6 Å². The van der Waals surface area contributed by atoms with E-state index in [1.807, 2.05) is 19.9 Å². The first-order valence-electron chi connectivity index (χ1n) is 10.6. The number of carbonyl (C=O) groups is 4. The minimum absolute atomic E-state index is 0.138. The summed E-state index contributed by atoms with van der Waals surface area (Å²) in [5.41, 5.74) is 2.86. The minimum Gasteiger partial charge on any atom is -0.468 e. The number of hydrogen-bond acceptors (Lipinski definition) is 6. The van der Waals surface area contributed by atoms with E-state index in [9.17, 15) is 19.2 Å². The lowest BCUT2D eigenvalue weighted by Crippen LogP contribution is -2.60. The topological polar surface area (TPSA) is 117 Å². The number of unbranched alkanes of at least 4 members (excludes halogenated alkanes) is 2. The molecule has 3 unspecified atom stereocenters. The van der Waals surface area contributed by atoms with Gasteiger partial charge >= 0.3 is 5.97 Å². The summed E-state index contributed by atoms with van der Waals surface area (Å²) >= 11 is 0. The van der Waals surface area contributed by atoms with Gasteiger partial charge in [-0.1, -0.05) is 19.9 Å². The molecule has 3 amide bonds. The second-order valence-corrected chi connectivity index (χ2v) is 7.89. The van der Waals surface area contributed by atoms with Crippen LogP contribution in [0.5, 0.6) is 0 Å². The third-order valence-electron chi connectivity index (χ3n) is 4.99. The van der Waals surface area contributed by atoms with Gasteiger partial charge in [-0.25, -0.2) is 5.43 Å². The van der Waals surface area contributed by atoms with Crippen molar-refractivity contribution in [1.29, 1.82) is 0 Å². The standard InChI is InChI=1S/C21H36N4O5/c1-6-7-8-9-12-17(26)23-18(14(2)3)19(27)22-15(4)20(28)25-13-10-11-16(24-25)21(29)30-5/h6,14-16,18,24H,1,7-13H2,2-5H3,(H,22,27)(H,23,26). The fourth-order valence-corrected chi connectivity index (χ4v) is 3.21. The highest BCUT2D eigenvalue weighted by Gasteiger charge is 2.32. The Hall–Kier alpha value is -2.42. The maximum atomic E-state index is 12.7. The van der Waals surface area contributed by atoms with Crippen LogP contribution in [0.15, 0.2) is 12.7 Å². The van der Waals surface area contributed by atoms with Crippen LogP contribution in [0.2, 0.25) is 0 Å². The van der Waals surface area contributed by atoms with Crippen LogP contribution < -0.4 is 16.1 Å². The molecule has 1 heterocycles. The van der Waals surface area contributed by atoms with E-state index < -0.39 is 30.0 Å². The number of hydrogen-bond donors (Lipinski definition) is 3. The summed E-state index contributed by atoms with van der Waals surface area (Å²) in [6.07, 6.45) is 5.82. The highest BCUT2D eigenvalue weighted by molar-refractivity contribution is 5.92. The molecule has 0 aromatic heterocycles. The van der Waals surface area contributed by atoms with Crippen molar-refractivity contribution in [3.63, 3.8) is 0 Å². The van der Waals surface area contributed by atoms with Crippen molar-refractivity contribution in [3.8, 4) is 0 Å². The summed E-state index contributed by atoms with van der Waals surface area (Å²) < 4.78 is 4.72. The molecule has 1 rings (SSSR count). The van der Waals surface area contributed by atoms with Crippen LogP contribution in [-0.2, 0) is 23.9 Å². The maximum absolute atomic E-state index is 12.7. The molecular weight excluding hydrogens is 388 g/mol. The molecule has 9 heteroatoms. The number of esters is 1. The number of nitrogens with zero attached hydrogens (tertiary/aromatic N) is 1. The normalized spacial score (nSPS) is 18.3. The lowest BCUT2D eigenvalue weighted by molar-refractivity contribution is -0.150. The highest BCUT2D eigenvalue weighted by Crippen LogP contribution is 2.11. The average molecular weight is 425 g/mol. The largest absolute Gasteiger partial charge is 0.468 e. The van der Waals surface area contributed by atoms with Crippen molar-refractivity contribution >= 4 is 23.7 Å². The molecule has 9 nitrogen and oxygen atoms in total. The van der Waals surface area contributed by atoms with Gasteiger partial charge in [-0.3, -0.25) is 24.2 Å². The molecule has 0 aromatic rings. The van der Waals surface area contributed by atoms with Gasteiger partial charge in [0, 0.05) is 13.0 Å². The number of carbonyl (C=O) groups excluding carboxylic acids is 4. The molecule has 170 valence electrons. The first-order valence-corrected chi connectivity index (χ1v) is 10.6. The summed E-state index contributed by atoms with van der Waals surface area (Å²) in [5.74, 6) is -1.52. The summed E-state index contributed by atoms with van der Waals surface area (Å²) in [5, 5.41) is 6.80. The number of methoxy groups -OCH3 is 1. The van der Waals surface area contributed by atoms with Crippen LogP contribution in [0.25, 0.3) is 0 Å². The molecule has 1 aliphatic rings. The quantitative estimate of drug-likeness (QED) is 0.259. The Morgan fingerprint density at radius 3 is 2.50 bits per heavy atom. The van der Waals surface area contributed by atoms with Crippen molar-refractivity contribution < 1.29 is 23.9 Å². The van der Waals surface area contributed by atoms with Crippen molar-refractivity contribution in [1.82, 2.24) is 21.1 Å². The van der Waals surface area contributed by atoms with Crippen molar-refractivity contribution in [2.24, 2.45) is 5.92 Å². The highest BCUT2D eigenvalue weighted by atomic mass is 16.5. The Morgan fingerprint density at radius 2 is 1.90 bits per heavy atom. The van der Waals surface area contributed by atoms with Crippen LogP contribution in [0.3, 0.4) is 0 Å². The summed E-state index contributed by atoms with van der Waals surface area (Å²) in [6.45, 7) is 9.34. The van der Waals surface area contributed by atoms with Gasteiger partial charge in [0.05, 0.1) is 7.11 Å². The van der Waals surface area contributed by atoms with Crippen molar-refractivity contribution in [2.45, 2.75) is 77.4 Å². The van der Waals surface area contributed by atoms with Gasteiger partial charge in [0.15, 0.2) is 0 Å². The Morgan fingerprint density at radius 1 is 1.20 bits per heavy atom. The van der Waals surface area contributed by atoms with Crippen LogP contribution in [0, 0.1) is 5.92 Å². The molecule has 0 aliphatic carbocycles. The molecule has 0 aromatic carbocycles. The Kier molecular flexibility index (Phi) is 11.1. The number of hydrazine groups is 1. The van der Waals surface area contributed by atoms with E-state index in [4.69, 9.17) is 4.74 Å². The summed E-state index contributed by atoms with van der Waals surface area (Å²) in [4.78, 5) is 49.3. The zero-order valence-corrected chi connectivity index (χ0v) is 18.5. The first kappa shape index (κ1) is 25.6. The third-order valence-corrected chi connectivity index (χ3v) is 4.99. The van der Waals surface area contributed by atoms with Gasteiger partial charge in [0.2, 0.25) is 11.8 Å².